The van der Waals surface area contributed by atoms with Crippen LogP contribution in [0.4, 0.5) is 0 Å². The van der Waals surface area contributed by atoms with Gasteiger partial charge in [-0.15, -0.1) is 0 Å². The highest BCUT2D eigenvalue weighted by Gasteiger charge is 2.24. The van der Waals surface area contributed by atoms with Crippen LogP contribution in [0, 0.1) is 0 Å². The number of benzene rings is 1. The normalized spacial score (nSPS) is 16.3. The lowest BCUT2D eigenvalue weighted by atomic mass is 10.1. The van der Waals surface area contributed by atoms with E-state index in [0.717, 1.165) is 4.90 Å². The molecule has 0 fully saturated rings. The summed E-state index contributed by atoms with van der Waals surface area (Å²) in [5.74, 6) is -1.56. The molecule has 1 unspecified atom stereocenters. The van der Waals surface area contributed by atoms with Crippen LogP contribution in [0.2, 0.25) is 0 Å². The van der Waals surface area contributed by atoms with Gasteiger partial charge < -0.3 is 24.6 Å². The Morgan fingerprint density at radius 3 is 2.62 bits per heavy atom. The largest absolute Gasteiger partial charge is 0.493 e. The highest BCUT2D eigenvalue weighted by Crippen LogP contribution is 2.28. The molecule has 0 aliphatic carbocycles. The number of carboxylic acid groups (broad SMARTS) is 1. The molecule has 1 heterocycles. The summed E-state index contributed by atoms with van der Waals surface area (Å²) in [5, 5.41) is 18.3. The van der Waals surface area contributed by atoms with Crippen molar-refractivity contribution in [3.05, 3.63) is 35.9 Å². The van der Waals surface area contributed by atoms with Crippen molar-refractivity contribution in [2.75, 3.05) is 13.7 Å². The van der Waals surface area contributed by atoms with Crippen molar-refractivity contribution in [3.8, 4) is 11.5 Å². The number of rotatable bonds is 7. The van der Waals surface area contributed by atoms with E-state index >= 15 is 0 Å². The maximum atomic E-state index is 11.9. The van der Waals surface area contributed by atoms with E-state index in [0.29, 0.717) is 5.56 Å². The third-order valence-electron chi connectivity index (χ3n) is 3.38. The monoisotopic (exact) mass is 335 g/mol. The lowest BCUT2D eigenvalue weighted by Gasteiger charge is -2.19. The van der Waals surface area contributed by atoms with E-state index < -0.39 is 18.2 Å². The van der Waals surface area contributed by atoms with E-state index in [9.17, 15) is 19.5 Å². The predicted molar refractivity (Wildman–Crippen MR) is 81.4 cm³/mol. The fraction of sp³-hybridized carbons (Fsp3) is 0.312. The van der Waals surface area contributed by atoms with Crippen molar-refractivity contribution < 1.29 is 34.1 Å². The van der Waals surface area contributed by atoms with Crippen molar-refractivity contribution >= 4 is 17.8 Å². The standard InChI is InChI=1S/C16H17NO7/c1-23-12-8-10(9-15(20)21)2-3-11(12)24-16(22)6-7-17-13(18)4-5-14(17)19/h2-5,8,13,18H,6-7,9H2,1H3,(H,20,21). The van der Waals surface area contributed by atoms with Gasteiger partial charge in [-0.05, 0) is 23.8 Å². The minimum absolute atomic E-state index is 0.0191. The molecule has 8 nitrogen and oxygen atoms in total. The number of hydrogen-bond donors (Lipinski definition) is 2. The summed E-state index contributed by atoms with van der Waals surface area (Å²) in [6.07, 6.45) is 1.25. The summed E-state index contributed by atoms with van der Waals surface area (Å²) in [7, 11) is 1.38. The van der Waals surface area contributed by atoms with Crippen LogP contribution in [-0.2, 0) is 20.8 Å². The average molecular weight is 335 g/mol. The maximum absolute atomic E-state index is 11.9. The van der Waals surface area contributed by atoms with Gasteiger partial charge in [0.15, 0.2) is 11.5 Å². The molecule has 0 saturated carbocycles. The lowest BCUT2D eigenvalue weighted by Crippen LogP contribution is -2.35. The lowest BCUT2D eigenvalue weighted by molar-refractivity contribution is -0.138. The number of aliphatic carboxylic acids is 1. The summed E-state index contributed by atoms with van der Waals surface area (Å²) in [6.45, 7) is 0.0191. The molecule has 2 rings (SSSR count). The van der Waals surface area contributed by atoms with Crippen LogP contribution >= 0.6 is 0 Å². The molecule has 2 N–H and O–H groups in total. The van der Waals surface area contributed by atoms with Gasteiger partial charge in [0.25, 0.3) is 0 Å². The summed E-state index contributed by atoms with van der Waals surface area (Å²) < 4.78 is 10.3. The SMILES string of the molecule is COc1cc(CC(=O)O)ccc1OC(=O)CCN1C(=O)C=CC1O. The molecule has 1 aliphatic rings. The third kappa shape index (κ3) is 4.32. The summed E-state index contributed by atoms with van der Waals surface area (Å²) in [4.78, 5) is 35.2. The van der Waals surface area contributed by atoms with Gasteiger partial charge in [-0.25, -0.2) is 0 Å². The molecule has 128 valence electrons. The zero-order chi connectivity index (χ0) is 17.7. The first-order valence-electron chi connectivity index (χ1n) is 7.17. The maximum Gasteiger partial charge on any atom is 0.313 e. The second kappa shape index (κ2) is 7.60. The number of aliphatic hydroxyl groups excluding tert-OH is 1. The van der Waals surface area contributed by atoms with Crippen LogP contribution in [0.15, 0.2) is 30.4 Å². The second-order valence-electron chi connectivity index (χ2n) is 5.08. The molecule has 1 amide bonds. The fourth-order valence-corrected chi connectivity index (χ4v) is 2.21. The van der Waals surface area contributed by atoms with E-state index in [2.05, 4.69) is 0 Å². The molecule has 24 heavy (non-hydrogen) atoms. The number of carbonyl (C=O) groups is 3. The van der Waals surface area contributed by atoms with Crippen molar-refractivity contribution in [2.24, 2.45) is 0 Å². The molecule has 1 aliphatic heterocycles. The van der Waals surface area contributed by atoms with Crippen molar-refractivity contribution in [2.45, 2.75) is 19.1 Å². The van der Waals surface area contributed by atoms with Gasteiger partial charge in [-0.3, -0.25) is 14.4 Å². The van der Waals surface area contributed by atoms with Crippen molar-refractivity contribution in [1.29, 1.82) is 0 Å². The average Bonchev–Trinajstić information content (AvgIpc) is 2.85. The highest BCUT2D eigenvalue weighted by molar-refractivity contribution is 5.90. The van der Waals surface area contributed by atoms with Crippen LogP contribution in [0.25, 0.3) is 0 Å². The van der Waals surface area contributed by atoms with Gasteiger partial charge in [0.05, 0.1) is 20.0 Å². The number of amides is 1. The number of hydrogen-bond acceptors (Lipinski definition) is 6. The van der Waals surface area contributed by atoms with Crippen LogP contribution in [0.3, 0.4) is 0 Å². The van der Waals surface area contributed by atoms with Crippen LogP contribution in [0.1, 0.15) is 12.0 Å². The van der Waals surface area contributed by atoms with E-state index in [-0.39, 0.29) is 36.8 Å². The molecule has 0 aromatic heterocycles. The minimum Gasteiger partial charge on any atom is -0.493 e. The Balaban J connectivity index is 1.95. The number of aliphatic hydroxyl groups is 1. The van der Waals surface area contributed by atoms with Gasteiger partial charge in [-0.1, -0.05) is 6.07 Å². The number of nitrogens with zero attached hydrogens (tertiary/aromatic N) is 1. The summed E-state index contributed by atoms with van der Waals surface area (Å²) >= 11 is 0. The van der Waals surface area contributed by atoms with Gasteiger partial charge in [0.1, 0.15) is 6.23 Å². The second-order valence-corrected chi connectivity index (χ2v) is 5.08. The minimum atomic E-state index is -1.03. The molecule has 0 spiro atoms. The van der Waals surface area contributed by atoms with Crippen molar-refractivity contribution in [1.82, 2.24) is 4.90 Å². The number of ether oxygens (including phenoxy) is 2. The Kier molecular flexibility index (Phi) is 5.54. The van der Waals surface area contributed by atoms with Gasteiger partial charge in [0.2, 0.25) is 5.91 Å². The summed E-state index contributed by atoms with van der Waals surface area (Å²) in [5.41, 5.74) is 0.510. The van der Waals surface area contributed by atoms with Crippen molar-refractivity contribution in [3.63, 3.8) is 0 Å². The van der Waals surface area contributed by atoms with E-state index in [1.165, 1.54) is 37.5 Å². The van der Waals surface area contributed by atoms with Crippen LogP contribution in [0.5, 0.6) is 11.5 Å². The summed E-state index contributed by atoms with van der Waals surface area (Å²) in [6, 6.07) is 4.46. The zero-order valence-corrected chi connectivity index (χ0v) is 13.0. The highest BCUT2D eigenvalue weighted by atomic mass is 16.6. The third-order valence-corrected chi connectivity index (χ3v) is 3.38. The number of carboxylic acids is 1. The quantitative estimate of drug-likeness (QED) is 0.545. The molecule has 1 atom stereocenters. The first-order chi connectivity index (χ1) is 11.4. The van der Waals surface area contributed by atoms with E-state index in [1.807, 2.05) is 0 Å². The van der Waals surface area contributed by atoms with Gasteiger partial charge >= 0.3 is 11.9 Å². The number of carbonyl (C=O) groups excluding carboxylic acids is 2. The topological polar surface area (TPSA) is 113 Å². The first kappa shape index (κ1) is 17.5. The molecule has 0 radical (unpaired) electrons. The smallest absolute Gasteiger partial charge is 0.313 e. The van der Waals surface area contributed by atoms with Crippen LogP contribution in [-0.4, -0.2) is 52.8 Å². The molecule has 0 saturated heterocycles. The number of esters is 1. The Morgan fingerprint density at radius 2 is 2.04 bits per heavy atom. The van der Waals surface area contributed by atoms with Gasteiger partial charge in [-0.2, -0.15) is 0 Å². The fourth-order valence-electron chi connectivity index (χ4n) is 2.21. The molecular formula is C16H17NO7. The van der Waals surface area contributed by atoms with E-state index in [1.54, 1.807) is 0 Å². The zero-order valence-electron chi connectivity index (χ0n) is 13.0. The molecule has 1 aromatic rings. The molecule has 0 bridgehead atoms. The Hall–Kier alpha value is -2.87. The molecule has 1 aromatic carbocycles. The Bertz CT molecular complexity index is 683. The van der Waals surface area contributed by atoms with Gasteiger partial charge in [0, 0.05) is 12.6 Å². The Morgan fingerprint density at radius 1 is 1.29 bits per heavy atom. The Labute approximate surface area is 137 Å². The number of methoxy groups -OCH3 is 1. The molecule has 8 heteroatoms. The van der Waals surface area contributed by atoms with E-state index in [4.69, 9.17) is 14.6 Å². The molecular weight excluding hydrogens is 318 g/mol. The first-order valence-corrected chi connectivity index (χ1v) is 7.17. The predicted octanol–water partition coefficient (Wildman–Crippen LogP) is 0.335. The van der Waals surface area contributed by atoms with Crippen LogP contribution < -0.4 is 9.47 Å².